The summed E-state index contributed by atoms with van der Waals surface area (Å²) in [5.41, 5.74) is 3.31. The minimum atomic E-state index is 0.611. The second-order valence-corrected chi connectivity index (χ2v) is 7.02. The van der Waals surface area contributed by atoms with Crippen molar-refractivity contribution in [3.8, 4) is 11.4 Å². The van der Waals surface area contributed by atoms with E-state index in [1.807, 2.05) is 60.7 Å². The van der Waals surface area contributed by atoms with E-state index in [0.29, 0.717) is 12.4 Å². The van der Waals surface area contributed by atoms with Crippen molar-refractivity contribution in [2.45, 2.75) is 19.4 Å². The van der Waals surface area contributed by atoms with Crippen LogP contribution in [0.5, 0.6) is 0 Å². The third-order valence-electron chi connectivity index (χ3n) is 4.73. The van der Waals surface area contributed by atoms with Crippen LogP contribution in [0.4, 0.5) is 11.6 Å². The summed E-state index contributed by atoms with van der Waals surface area (Å²) in [5.74, 6) is 2.30. The van der Waals surface area contributed by atoms with E-state index >= 15 is 0 Å². The number of aryl methyl sites for hydroxylation is 1. The van der Waals surface area contributed by atoms with E-state index in [4.69, 9.17) is 9.97 Å². The van der Waals surface area contributed by atoms with Gasteiger partial charge in [-0.1, -0.05) is 66.7 Å². The lowest BCUT2D eigenvalue weighted by molar-refractivity contribution is 0.858. The van der Waals surface area contributed by atoms with Gasteiger partial charge in [-0.2, -0.15) is 0 Å². The SMILES string of the molecule is c1ccc(CCCNc2cc(NCc3ccccn3)nc(-c3ccccc3)n2)cc1. The Balaban J connectivity index is 1.45. The molecule has 0 saturated heterocycles. The molecule has 0 aliphatic heterocycles. The lowest BCUT2D eigenvalue weighted by atomic mass is 10.1. The van der Waals surface area contributed by atoms with Crippen molar-refractivity contribution in [3.05, 3.63) is 102 Å². The Kier molecular flexibility index (Phi) is 6.63. The molecule has 0 saturated carbocycles. The van der Waals surface area contributed by atoms with Gasteiger partial charge in [0.1, 0.15) is 11.6 Å². The average Bonchev–Trinajstić information content (AvgIpc) is 2.82. The Morgan fingerprint density at radius 3 is 2.13 bits per heavy atom. The number of hydrogen-bond acceptors (Lipinski definition) is 5. The molecule has 0 radical (unpaired) electrons. The fourth-order valence-corrected chi connectivity index (χ4v) is 3.18. The van der Waals surface area contributed by atoms with Gasteiger partial charge in [-0.15, -0.1) is 0 Å². The van der Waals surface area contributed by atoms with E-state index in [9.17, 15) is 0 Å². The topological polar surface area (TPSA) is 62.7 Å². The number of nitrogens with zero attached hydrogens (tertiary/aromatic N) is 3. The highest BCUT2D eigenvalue weighted by molar-refractivity contribution is 5.61. The third-order valence-corrected chi connectivity index (χ3v) is 4.73. The van der Waals surface area contributed by atoms with Crippen LogP contribution in [0.2, 0.25) is 0 Å². The monoisotopic (exact) mass is 395 g/mol. The number of anilines is 2. The van der Waals surface area contributed by atoms with Crippen LogP contribution in [0.25, 0.3) is 11.4 Å². The second-order valence-electron chi connectivity index (χ2n) is 7.02. The number of pyridine rings is 1. The molecule has 0 spiro atoms. The molecule has 0 amide bonds. The number of benzene rings is 2. The van der Waals surface area contributed by atoms with Crippen molar-refractivity contribution in [2.24, 2.45) is 0 Å². The molecule has 0 unspecified atom stereocenters. The fourth-order valence-electron chi connectivity index (χ4n) is 3.18. The van der Waals surface area contributed by atoms with Gasteiger partial charge >= 0.3 is 0 Å². The van der Waals surface area contributed by atoms with Gasteiger partial charge in [-0.05, 0) is 30.5 Å². The van der Waals surface area contributed by atoms with Gasteiger partial charge < -0.3 is 10.6 Å². The molecule has 0 atom stereocenters. The second kappa shape index (κ2) is 10.2. The van der Waals surface area contributed by atoms with Crippen LogP contribution in [-0.4, -0.2) is 21.5 Å². The zero-order valence-corrected chi connectivity index (χ0v) is 16.8. The molecule has 5 heteroatoms. The van der Waals surface area contributed by atoms with E-state index < -0.39 is 0 Å². The zero-order valence-electron chi connectivity index (χ0n) is 16.8. The fraction of sp³-hybridized carbons (Fsp3) is 0.160. The quantitative estimate of drug-likeness (QED) is 0.382. The maximum Gasteiger partial charge on any atom is 0.163 e. The van der Waals surface area contributed by atoms with Crippen molar-refractivity contribution in [1.29, 1.82) is 0 Å². The molecule has 0 aliphatic carbocycles. The highest BCUT2D eigenvalue weighted by atomic mass is 15.1. The van der Waals surface area contributed by atoms with Crippen LogP contribution in [0.15, 0.2) is 91.1 Å². The molecule has 150 valence electrons. The summed E-state index contributed by atoms with van der Waals surface area (Å²) in [6, 6.07) is 28.4. The number of rotatable bonds is 9. The van der Waals surface area contributed by atoms with E-state index in [1.165, 1.54) is 5.56 Å². The molecule has 2 aromatic heterocycles. The predicted octanol–water partition coefficient (Wildman–Crippen LogP) is 5.20. The van der Waals surface area contributed by atoms with Crippen LogP contribution in [-0.2, 0) is 13.0 Å². The molecule has 0 bridgehead atoms. The van der Waals surface area contributed by atoms with Crippen molar-refractivity contribution in [2.75, 3.05) is 17.2 Å². The van der Waals surface area contributed by atoms with Gasteiger partial charge in [0.2, 0.25) is 0 Å². The normalized spacial score (nSPS) is 10.5. The highest BCUT2D eigenvalue weighted by Crippen LogP contribution is 2.20. The van der Waals surface area contributed by atoms with Crippen LogP contribution >= 0.6 is 0 Å². The van der Waals surface area contributed by atoms with Crippen molar-refractivity contribution < 1.29 is 0 Å². The Labute approximate surface area is 177 Å². The summed E-state index contributed by atoms with van der Waals surface area (Å²) in [6.07, 6.45) is 3.87. The highest BCUT2D eigenvalue weighted by Gasteiger charge is 2.07. The Bertz CT molecular complexity index is 1040. The van der Waals surface area contributed by atoms with Gasteiger partial charge in [0.25, 0.3) is 0 Å². The Hall–Kier alpha value is -3.73. The first kappa shape index (κ1) is 19.6. The molecular formula is C25H25N5. The third kappa shape index (κ3) is 5.64. The van der Waals surface area contributed by atoms with E-state index in [-0.39, 0.29) is 0 Å². The Morgan fingerprint density at radius 1 is 0.700 bits per heavy atom. The van der Waals surface area contributed by atoms with Crippen LogP contribution in [0.1, 0.15) is 17.7 Å². The van der Waals surface area contributed by atoms with Crippen LogP contribution in [0.3, 0.4) is 0 Å². The number of hydrogen-bond donors (Lipinski definition) is 2. The van der Waals surface area contributed by atoms with Crippen molar-refractivity contribution >= 4 is 11.6 Å². The standard InChI is InChI=1S/C25H25N5/c1-3-10-20(11-4-1)12-9-17-27-23-18-24(28-19-22-15-7-8-16-26-22)30-25(29-23)21-13-5-2-6-14-21/h1-8,10-11,13-16,18H,9,12,17,19H2,(H2,27,28,29,30). The van der Waals surface area contributed by atoms with Gasteiger partial charge in [0, 0.05) is 24.4 Å². The molecule has 2 heterocycles. The minimum Gasteiger partial charge on any atom is -0.370 e. The summed E-state index contributed by atoms with van der Waals surface area (Å²) in [6.45, 7) is 1.46. The summed E-state index contributed by atoms with van der Waals surface area (Å²) in [7, 11) is 0. The number of aromatic nitrogens is 3. The first-order chi connectivity index (χ1) is 14.9. The van der Waals surface area contributed by atoms with Crippen LogP contribution < -0.4 is 10.6 Å². The molecule has 0 fully saturated rings. The van der Waals surface area contributed by atoms with Crippen LogP contribution in [0, 0.1) is 0 Å². The largest absolute Gasteiger partial charge is 0.370 e. The van der Waals surface area contributed by atoms with Crippen molar-refractivity contribution in [1.82, 2.24) is 15.0 Å². The molecule has 2 N–H and O–H groups in total. The molecule has 4 rings (SSSR count). The average molecular weight is 396 g/mol. The summed E-state index contributed by atoms with van der Waals surface area (Å²) < 4.78 is 0. The first-order valence-corrected chi connectivity index (χ1v) is 10.2. The van der Waals surface area contributed by atoms with Gasteiger partial charge in [-0.3, -0.25) is 4.98 Å². The van der Waals surface area contributed by atoms with E-state index in [0.717, 1.165) is 42.3 Å². The first-order valence-electron chi connectivity index (χ1n) is 10.2. The molecule has 2 aromatic carbocycles. The maximum atomic E-state index is 4.73. The van der Waals surface area contributed by atoms with E-state index in [2.05, 4.69) is 39.9 Å². The molecule has 30 heavy (non-hydrogen) atoms. The summed E-state index contributed by atoms with van der Waals surface area (Å²) >= 11 is 0. The van der Waals surface area contributed by atoms with E-state index in [1.54, 1.807) is 6.20 Å². The molecule has 0 aliphatic rings. The van der Waals surface area contributed by atoms with Gasteiger partial charge in [0.05, 0.1) is 12.2 Å². The Morgan fingerprint density at radius 2 is 1.40 bits per heavy atom. The zero-order chi connectivity index (χ0) is 20.4. The van der Waals surface area contributed by atoms with Gasteiger partial charge in [-0.25, -0.2) is 9.97 Å². The minimum absolute atomic E-state index is 0.611. The number of nitrogens with one attached hydrogen (secondary N) is 2. The molecule has 4 aromatic rings. The van der Waals surface area contributed by atoms with Gasteiger partial charge in [0.15, 0.2) is 5.82 Å². The maximum absolute atomic E-state index is 4.73. The van der Waals surface area contributed by atoms with Crippen molar-refractivity contribution in [3.63, 3.8) is 0 Å². The lowest BCUT2D eigenvalue weighted by Crippen LogP contribution is -2.09. The molecular weight excluding hydrogens is 370 g/mol. The predicted molar refractivity (Wildman–Crippen MR) is 122 cm³/mol. The molecule has 5 nitrogen and oxygen atoms in total. The lowest BCUT2D eigenvalue weighted by Gasteiger charge is -2.12. The summed E-state index contributed by atoms with van der Waals surface area (Å²) in [4.78, 5) is 13.8. The summed E-state index contributed by atoms with van der Waals surface area (Å²) in [5, 5.41) is 6.83. The smallest absolute Gasteiger partial charge is 0.163 e.